The summed E-state index contributed by atoms with van der Waals surface area (Å²) in [6.45, 7) is 9.26. The number of aromatic nitrogens is 1. The molecule has 1 aromatic heterocycles. The molecule has 0 radical (unpaired) electrons. The molecule has 2 aromatic rings. The van der Waals surface area contributed by atoms with Gasteiger partial charge in [-0.15, -0.1) is 11.3 Å². The third-order valence-electron chi connectivity index (χ3n) is 3.90. The van der Waals surface area contributed by atoms with Crippen LogP contribution in [0.15, 0.2) is 29.6 Å². The molecule has 1 N–H and O–H groups in total. The molecule has 0 bridgehead atoms. The van der Waals surface area contributed by atoms with Crippen LogP contribution >= 0.6 is 11.3 Å². The molecule has 0 saturated carbocycles. The average molecular weight is 361 g/mol. The predicted molar refractivity (Wildman–Crippen MR) is 103 cm³/mol. The Labute approximate surface area is 154 Å². The molecule has 0 aliphatic rings. The molecule has 0 aliphatic carbocycles. The third-order valence-corrected chi connectivity index (χ3v) is 4.92. The van der Waals surface area contributed by atoms with E-state index >= 15 is 0 Å². The van der Waals surface area contributed by atoms with Crippen LogP contribution in [0.2, 0.25) is 0 Å². The fourth-order valence-corrected chi connectivity index (χ4v) is 3.22. The monoisotopic (exact) mass is 360 g/mol. The fraction of sp³-hybridized carbons (Fsp3) is 0.500. The number of unbranched alkanes of at least 4 members (excludes halogenated alkanes) is 1. The molecule has 25 heavy (non-hydrogen) atoms. The molecule has 2 rings (SSSR count). The van der Waals surface area contributed by atoms with Crippen LogP contribution in [0.25, 0.3) is 0 Å². The highest BCUT2D eigenvalue weighted by atomic mass is 32.1. The number of nitrogens with one attached hydrogen (secondary N) is 1. The first-order valence-corrected chi connectivity index (χ1v) is 9.63. The van der Waals surface area contributed by atoms with E-state index in [1.807, 2.05) is 31.2 Å². The number of thiazole rings is 1. The lowest BCUT2D eigenvalue weighted by Gasteiger charge is -2.19. The molecule has 5 heteroatoms. The van der Waals surface area contributed by atoms with Crippen molar-refractivity contribution < 1.29 is 9.53 Å². The minimum atomic E-state index is -0.0787. The zero-order chi connectivity index (χ0) is 18.3. The Kier molecular flexibility index (Phi) is 7.00. The molecule has 1 aromatic carbocycles. The van der Waals surface area contributed by atoms with E-state index in [1.54, 1.807) is 11.3 Å². The van der Waals surface area contributed by atoms with E-state index in [9.17, 15) is 4.79 Å². The lowest BCUT2D eigenvalue weighted by molar-refractivity contribution is -0.123. The Morgan fingerprint density at radius 2 is 1.92 bits per heavy atom. The van der Waals surface area contributed by atoms with E-state index in [0.717, 1.165) is 30.7 Å². The minimum absolute atomic E-state index is 0.0561. The Morgan fingerprint density at radius 3 is 2.52 bits per heavy atom. The number of benzene rings is 1. The lowest BCUT2D eigenvalue weighted by atomic mass is 9.87. The van der Waals surface area contributed by atoms with Crippen LogP contribution in [0.4, 0.5) is 0 Å². The molecule has 0 aliphatic heterocycles. The van der Waals surface area contributed by atoms with Gasteiger partial charge in [0, 0.05) is 17.6 Å². The van der Waals surface area contributed by atoms with Gasteiger partial charge in [-0.3, -0.25) is 4.79 Å². The molecular weight excluding hydrogens is 332 g/mol. The van der Waals surface area contributed by atoms with E-state index in [-0.39, 0.29) is 17.9 Å². The summed E-state index contributed by atoms with van der Waals surface area (Å²) in [5, 5.41) is 6.14. The van der Waals surface area contributed by atoms with Crippen molar-refractivity contribution in [3.8, 4) is 5.75 Å². The molecule has 0 atom stereocenters. The largest absolute Gasteiger partial charge is 0.484 e. The maximum absolute atomic E-state index is 11.8. The molecule has 0 fully saturated rings. The normalized spacial score (nSPS) is 11.4. The first-order chi connectivity index (χ1) is 11.8. The van der Waals surface area contributed by atoms with Gasteiger partial charge in [0.05, 0.1) is 5.01 Å². The van der Waals surface area contributed by atoms with Gasteiger partial charge >= 0.3 is 0 Å². The second-order valence-electron chi connectivity index (χ2n) is 7.25. The fourth-order valence-electron chi connectivity index (χ4n) is 2.40. The predicted octanol–water partition coefficient (Wildman–Crippen LogP) is 4.27. The van der Waals surface area contributed by atoms with Crippen LogP contribution in [-0.4, -0.2) is 24.0 Å². The van der Waals surface area contributed by atoms with Crippen molar-refractivity contribution in [1.29, 1.82) is 0 Å². The second kappa shape index (κ2) is 8.99. The van der Waals surface area contributed by atoms with Gasteiger partial charge in [-0.05, 0) is 49.3 Å². The van der Waals surface area contributed by atoms with Gasteiger partial charge in [0.15, 0.2) is 6.61 Å². The van der Waals surface area contributed by atoms with Crippen molar-refractivity contribution in [3.63, 3.8) is 0 Å². The number of amides is 1. The van der Waals surface area contributed by atoms with Crippen molar-refractivity contribution in [1.82, 2.24) is 10.3 Å². The van der Waals surface area contributed by atoms with Gasteiger partial charge in [0.2, 0.25) is 0 Å². The topological polar surface area (TPSA) is 51.2 Å². The summed E-state index contributed by atoms with van der Waals surface area (Å²) >= 11 is 1.70. The van der Waals surface area contributed by atoms with Crippen LogP contribution in [0.1, 0.15) is 49.9 Å². The standard InChI is InChI=1S/C20H28N2O2S/c1-15-14-25-19(22-15)7-5-6-12-21-18(23)13-24-17-10-8-16(9-11-17)20(2,3)4/h8-11,14H,5-7,12-13H2,1-4H3,(H,21,23). The Hall–Kier alpha value is -1.88. The van der Waals surface area contributed by atoms with E-state index in [4.69, 9.17) is 4.74 Å². The maximum atomic E-state index is 11.8. The van der Waals surface area contributed by atoms with Gasteiger partial charge in [-0.25, -0.2) is 4.98 Å². The van der Waals surface area contributed by atoms with Crippen molar-refractivity contribution >= 4 is 17.2 Å². The molecular formula is C20H28N2O2S. The number of nitrogens with zero attached hydrogens (tertiary/aromatic N) is 1. The van der Waals surface area contributed by atoms with Crippen molar-refractivity contribution in [3.05, 3.63) is 45.9 Å². The Bertz CT molecular complexity index is 672. The summed E-state index contributed by atoms with van der Waals surface area (Å²) < 4.78 is 5.54. The van der Waals surface area contributed by atoms with Gasteiger partial charge in [0.1, 0.15) is 5.75 Å². The number of ether oxygens (including phenoxy) is 1. The smallest absolute Gasteiger partial charge is 0.257 e. The quantitative estimate of drug-likeness (QED) is 0.715. The average Bonchev–Trinajstić information content (AvgIpc) is 2.97. The molecule has 1 amide bonds. The summed E-state index contributed by atoms with van der Waals surface area (Å²) in [6.07, 6.45) is 2.96. The minimum Gasteiger partial charge on any atom is -0.484 e. The maximum Gasteiger partial charge on any atom is 0.257 e. The van der Waals surface area contributed by atoms with Gasteiger partial charge < -0.3 is 10.1 Å². The van der Waals surface area contributed by atoms with E-state index in [2.05, 4.69) is 36.5 Å². The number of aryl methyl sites for hydroxylation is 2. The summed E-state index contributed by atoms with van der Waals surface area (Å²) in [4.78, 5) is 16.3. The summed E-state index contributed by atoms with van der Waals surface area (Å²) in [5.41, 5.74) is 2.45. The van der Waals surface area contributed by atoms with E-state index < -0.39 is 0 Å². The molecule has 4 nitrogen and oxygen atoms in total. The van der Waals surface area contributed by atoms with Crippen LogP contribution < -0.4 is 10.1 Å². The van der Waals surface area contributed by atoms with Crippen molar-refractivity contribution in [2.45, 2.75) is 52.4 Å². The number of hydrogen-bond donors (Lipinski definition) is 1. The molecule has 0 spiro atoms. The van der Waals surface area contributed by atoms with E-state index in [0.29, 0.717) is 6.54 Å². The molecule has 1 heterocycles. The molecule has 0 unspecified atom stereocenters. The summed E-state index contributed by atoms with van der Waals surface area (Å²) in [6, 6.07) is 7.94. The second-order valence-corrected chi connectivity index (χ2v) is 8.20. The highest BCUT2D eigenvalue weighted by molar-refractivity contribution is 7.09. The lowest BCUT2D eigenvalue weighted by Crippen LogP contribution is -2.29. The Balaban J connectivity index is 1.60. The van der Waals surface area contributed by atoms with Crippen LogP contribution in [-0.2, 0) is 16.6 Å². The first-order valence-electron chi connectivity index (χ1n) is 8.75. The van der Waals surface area contributed by atoms with Gasteiger partial charge in [-0.2, -0.15) is 0 Å². The van der Waals surface area contributed by atoms with Gasteiger partial charge in [0.25, 0.3) is 5.91 Å². The van der Waals surface area contributed by atoms with Crippen LogP contribution in [0.5, 0.6) is 5.75 Å². The zero-order valence-electron chi connectivity index (χ0n) is 15.6. The first kappa shape index (κ1) is 19.4. The van der Waals surface area contributed by atoms with Crippen molar-refractivity contribution in [2.75, 3.05) is 13.2 Å². The summed E-state index contributed by atoms with van der Waals surface area (Å²) in [7, 11) is 0. The highest BCUT2D eigenvalue weighted by Crippen LogP contribution is 2.24. The third kappa shape index (κ3) is 6.86. The number of carbonyl (C=O) groups is 1. The highest BCUT2D eigenvalue weighted by Gasteiger charge is 2.13. The summed E-state index contributed by atoms with van der Waals surface area (Å²) in [5.74, 6) is 0.646. The molecule has 136 valence electrons. The number of carbonyl (C=O) groups excluding carboxylic acids is 1. The Morgan fingerprint density at radius 1 is 1.20 bits per heavy atom. The molecule has 0 saturated heterocycles. The van der Waals surface area contributed by atoms with Crippen LogP contribution in [0.3, 0.4) is 0 Å². The van der Waals surface area contributed by atoms with Crippen LogP contribution in [0, 0.1) is 6.92 Å². The zero-order valence-corrected chi connectivity index (χ0v) is 16.4. The van der Waals surface area contributed by atoms with Gasteiger partial charge in [-0.1, -0.05) is 32.9 Å². The van der Waals surface area contributed by atoms with E-state index in [1.165, 1.54) is 10.6 Å². The number of rotatable bonds is 8. The van der Waals surface area contributed by atoms with Crippen molar-refractivity contribution in [2.24, 2.45) is 0 Å². The number of hydrogen-bond acceptors (Lipinski definition) is 4. The SMILES string of the molecule is Cc1csc(CCCCNC(=O)COc2ccc(C(C)(C)C)cc2)n1.